The number of hydrogen-bond donors (Lipinski definition) is 1. The molecule has 0 saturated heterocycles. The van der Waals surface area contributed by atoms with Crippen LogP contribution in [0.15, 0.2) is 127 Å². The van der Waals surface area contributed by atoms with Crippen LogP contribution in [0.5, 0.6) is 0 Å². The van der Waals surface area contributed by atoms with E-state index in [1.807, 2.05) is 11.3 Å². The van der Waals surface area contributed by atoms with Gasteiger partial charge in [0.25, 0.3) is 0 Å². The molecule has 11 rings (SSSR count). The quantitative estimate of drug-likeness (QED) is 0.178. The highest BCUT2D eigenvalue weighted by molar-refractivity contribution is 7.25. The van der Waals surface area contributed by atoms with Crippen LogP contribution in [0.4, 0.5) is 11.4 Å². The summed E-state index contributed by atoms with van der Waals surface area (Å²) in [5.74, 6) is 0. The summed E-state index contributed by atoms with van der Waals surface area (Å²) < 4.78 is 5.29. The number of nitrogens with one attached hydrogen (secondary N) is 1. The molecule has 1 aliphatic heterocycles. The highest BCUT2D eigenvalue weighted by atomic mass is 32.1. The van der Waals surface area contributed by atoms with Crippen LogP contribution >= 0.6 is 11.3 Å². The standard InChI is InChI=1S/C53H47BN2S/c1-51(2,3)30-17-20-32(21-18-30)55-44-27-37-33-13-9-11-15-41(33)53(7,8)42(37)26-38(44)35-22-23-36-39-29-48-40(34-14-10-12-16-47(34)57-48)28-46(39)56-45-24-19-31(52(4,5)6)25-43(45)54-49(35)50(36)56/h9-29,54-55H,1-8H3. The zero-order chi connectivity index (χ0) is 39.2. The molecule has 0 saturated carbocycles. The summed E-state index contributed by atoms with van der Waals surface area (Å²) in [6, 6.07) is 48.9. The minimum absolute atomic E-state index is 0.0465. The van der Waals surface area contributed by atoms with Crippen molar-refractivity contribution in [1.29, 1.82) is 0 Å². The summed E-state index contributed by atoms with van der Waals surface area (Å²) in [7, 11) is 0.875. The fourth-order valence-electron chi connectivity index (χ4n) is 9.96. The second-order valence-corrected chi connectivity index (χ2v) is 20.2. The molecule has 278 valence electrons. The van der Waals surface area contributed by atoms with Crippen LogP contribution in [0.1, 0.15) is 77.6 Å². The van der Waals surface area contributed by atoms with Crippen molar-refractivity contribution in [2.75, 3.05) is 5.32 Å². The average Bonchev–Trinajstić information content (AvgIpc) is 3.79. The van der Waals surface area contributed by atoms with Gasteiger partial charge in [-0.2, -0.15) is 0 Å². The summed E-state index contributed by atoms with van der Waals surface area (Å²) in [6.45, 7) is 18.6. The SMILES string of the molecule is CC(C)(C)c1ccc(Nc2cc3c(cc2-c2ccc4c5cc6sc7ccccc7c6cc5n5c4c2Bc2cc(C(C)(C)C)ccc2-5)C(C)(C)c2ccccc2-3)cc1. The lowest BCUT2D eigenvalue weighted by Gasteiger charge is -2.27. The Bertz CT molecular complexity index is 3160. The van der Waals surface area contributed by atoms with Crippen molar-refractivity contribution in [3.63, 3.8) is 0 Å². The van der Waals surface area contributed by atoms with Gasteiger partial charge in [0.1, 0.15) is 0 Å². The Morgan fingerprint density at radius 1 is 0.561 bits per heavy atom. The number of hydrogen-bond acceptors (Lipinski definition) is 2. The second-order valence-electron chi connectivity index (χ2n) is 19.1. The van der Waals surface area contributed by atoms with Gasteiger partial charge in [0.05, 0.1) is 5.52 Å². The predicted molar refractivity (Wildman–Crippen MR) is 250 cm³/mol. The van der Waals surface area contributed by atoms with Gasteiger partial charge in [-0.15, -0.1) is 11.3 Å². The number of rotatable bonds is 3. The topological polar surface area (TPSA) is 17.0 Å². The zero-order valence-corrected chi connectivity index (χ0v) is 35.0. The van der Waals surface area contributed by atoms with E-state index in [0.717, 1.165) is 18.7 Å². The third-order valence-corrected chi connectivity index (χ3v) is 14.3. The van der Waals surface area contributed by atoms with Crippen LogP contribution in [0.3, 0.4) is 0 Å². The molecule has 2 aliphatic rings. The number of benzene rings is 7. The van der Waals surface area contributed by atoms with Crippen molar-refractivity contribution in [1.82, 2.24) is 4.57 Å². The van der Waals surface area contributed by atoms with Gasteiger partial charge in [-0.1, -0.05) is 140 Å². The maximum atomic E-state index is 3.97. The van der Waals surface area contributed by atoms with E-state index in [1.54, 1.807) is 0 Å². The van der Waals surface area contributed by atoms with Gasteiger partial charge >= 0.3 is 0 Å². The van der Waals surface area contributed by atoms with Gasteiger partial charge in [-0.3, -0.25) is 0 Å². The van der Waals surface area contributed by atoms with Crippen molar-refractivity contribution in [2.45, 2.75) is 71.6 Å². The Hall–Kier alpha value is -5.58. The van der Waals surface area contributed by atoms with E-state index in [0.29, 0.717) is 0 Å². The molecule has 57 heavy (non-hydrogen) atoms. The molecular formula is C53H47BN2S. The Morgan fingerprint density at radius 3 is 2.09 bits per heavy atom. The fraction of sp³-hybridized carbons (Fsp3) is 0.208. The Morgan fingerprint density at radius 2 is 1.30 bits per heavy atom. The van der Waals surface area contributed by atoms with Crippen molar-refractivity contribution in [3.8, 4) is 27.9 Å². The lowest BCUT2D eigenvalue weighted by molar-refractivity contribution is 0.590. The van der Waals surface area contributed by atoms with Crippen LogP contribution < -0.4 is 16.2 Å². The minimum Gasteiger partial charge on any atom is -0.355 e. The summed E-state index contributed by atoms with van der Waals surface area (Å²) in [5.41, 5.74) is 19.7. The predicted octanol–water partition coefficient (Wildman–Crippen LogP) is 13.2. The van der Waals surface area contributed by atoms with Crippen molar-refractivity contribution >= 4 is 82.9 Å². The van der Waals surface area contributed by atoms with Gasteiger partial charge in [0.15, 0.2) is 7.28 Å². The first-order valence-electron chi connectivity index (χ1n) is 20.5. The third kappa shape index (κ3) is 5.09. The summed E-state index contributed by atoms with van der Waals surface area (Å²) in [5, 5.41) is 9.31. The Labute approximate surface area is 340 Å². The van der Waals surface area contributed by atoms with E-state index >= 15 is 0 Å². The molecule has 3 heterocycles. The highest BCUT2D eigenvalue weighted by Crippen LogP contribution is 2.52. The number of anilines is 2. The summed E-state index contributed by atoms with van der Waals surface area (Å²) in [4.78, 5) is 0. The van der Waals surface area contributed by atoms with Gasteiger partial charge in [0.2, 0.25) is 0 Å². The highest BCUT2D eigenvalue weighted by Gasteiger charge is 2.37. The zero-order valence-electron chi connectivity index (χ0n) is 34.2. The molecule has 1 aliphatic carbocycles. The van der Waals surface area contributed by atoms with E-state index < -0.39 is 0 Å². The molecule has 9 aromatic rings. The van der Waals surface area contributed by atoms with Gasteiger partial charge in [-0.25, -0.2) is 0 Å². The van der Waals surface area contributed by atoms with Crippen molar-refractivity contribution in [3.05, 3.63) is 150 Å². The Balaban J connectivity index is 1.20. The second kappa shape index (κ2) is 11.7. The van der Waals surface area contributed by atoms with Crippen molar-refractivity contribution in [2.24, 2.45) is 0 Å². The summed E-state index contributed by atoms with van der Waals surface area (Å²) >= 11 is 1.91. The molecule has 0 atom stereocenters. The first-order valence-corrected chi connectivity index (χ1v) is 21.3. The maximum absolute atomic E-state index is 3.97. The number of nitrogens with zero attached hydrogens (tertiary/aromatic N) is 1. The number of thiophene rings is 1. The first kappa shape index (κ1) is 34.7. The normalized spacial score (nSPS) is 14.2. The molecule has 2 nitrogen and oxygen atoms in total. The maximum Gasteiger partial charge on any atom is 0.198 e. The average molecular weight is 755 g/mol. The lowest BCUT2D eigenvalue weighted by Crippen LogP contribution is -2.38. The molecule has 2 aromatic heterocycles. The van der Waals surface area contributed by atoms with Gasteiger partial charge in [-0.05, 0) is 104 Å². The number of fused-ring (bicyclic) bond motifs is 11. The molecule has 0 amide bonds. The molecule has 0 unspecified atom stereocenters. The Kier molecular flexibility index (Phi) is 7.14. The largest absolute Gasteiger partial charge is 0.355 e. The molecule has 0 fully saturated rings. The third-order valence-electron chi connectivity index (χ3n) is 13.1. The van der Waals surface area contributed by atoms with Crippen LogP contribution in [0.25, 0.3) is 69.9 Å². The van der Waals surface area contributed by atoms with Crippen LogP contribution in [0.2, 0.25) is 0 Å². The monoisotopic (exact) mass is 754 g/mol. The molecule has 1 N–H and O–H groups in total. The lowest BCUT2D eigenvalue weighted by atomic mass is 9.58. The molecule has 0 spiro atoms. The smallest absolute Gasteiger partial charge is 0.198 e. The molecular weight excluding hydrogens is 707 g/mol. The van der Waals surface area contributed by atoms with Crippen LogP contribution in [-0.4, -0.2) is 11.8 Å². The van der Waals surface area contributed by atoms with E-state index in [2.05, 4.69) is 193 Å². The van der Waals surface area contributed by atoms with E-state index in [-0.39, 0.29) is 16.2 Å². The molecule has 0 radical (unpaired) electrons. The molecule has 0 bridgehead atoms. The molecule has 7 aromatic carbocycles. The fourth-order valence-corrected chi connectivity index (χ4v) is 11.1. The van der Waals surface area contributed by atoms with E-state index in [1.165, 1.54) is 103 Å². The van der Waals surface area contributed by atoms with Gasteiger partial charge in [0, 0.05) is 64.5 Å². The summed E-state index contributed by atoms with van der Waals surface area (Å²) in [6.07, 6.45) is 0. The van der Waals surface area contributed by atoms with Gasteiger partial charge < -0.3 is 9.88 Å². The van der Waals surface area contributed by atoms with E-state index in [9.17, 15) is 0 Å². The van der Waals surface area contributed by atoms with Crippen LogP contribution in [-0.2, 0) is 16.2 Å². The van der Waals surface area contributed by atoms with Crippen LogP contribution in [0, 0.1) is 0 Å². The first-order chi connectivity index (χ1) is 27.3. The van der Waals surface area contributed by atoms with E-state index in [4.69, 9.17) is 0 Å². The molecule has 4 heteroatoms. The minimum atomic E-state index is -0.119. The van der Waals surface area contributed by atoms with Crippen molar-refractivity contribution < 1.29 is 0 Å². The number of aromatic nitrogens is 1.